The molecule has 1 saturated heterocycles. The van der Waals surface area contributed by atoms with Crippen molar-refractivity contribution in [1.82, 2.24) is 10.3 Å². The summed E-state index contributed by atoms with van der Waals surface area (Å²) in [6, 6.07) is 3.55. The van der Waals surface area contributed by atoms with E-state index in [0.717, 1.165) is 40.1 Å². The van der Waals surface area contributed by atoms with E-state index in [1.165, 1.54) is 82.6 Å². The number of aromatic nitrogens is 1. The van der Waals surface area contributed by atoms with E-state index in [0.29, 0.717) is 17.9 Å². The molecule has 6 nitrogen and oxygen atoms in total. The quantitative estimate of drug-likeness (QED) is 0.462. The molecule has 4 fully saturated rings. The van der Waals surface area contributed by atoms with Gasteiger partial charge in [0.25, 0.3) is 5.91 Å². The molecule has 1 aromatic heterocycles. The van der Waals surface area contributed by atoms with Crippen molar-refractivity contribution in [3.63, 3.8) is 0 Å². The number of nitrogens with one attached hydrogen (secondary N) is 1. The summed E-state index contributed by atoms with van der Waals surface area (Å²) in [5.41, 5.74) is 2.66. The maximum Gasteiger partial charge on any atom is 0.261 e. The number of imide groups is 1. The number of rotatable bonds is 6. The average molecular weight is 514 g/mol. The SMILES string of the molecule is O=C1CCC(N2C(=O)c3cncc4c(C5CCC(CC6CC(CC7CCCC7)C6)CC5)ccc2c34)C(=O)N1. The fourth-order valence-corrected chi connectivity index (χ4v) is 8.65. The van der Waals surface area contributed by atoms with E-state index in [-0.39, 0.29) is 24.1 Å². The van der Waals surface area contributed by atoms with Gasteiger partial charge in [0.05, 0.1) is 11.3 Å². The highest BCUT2D eigenvalue weighted by Gasteiger charge is 2.41. The normalized spacial score (nSPS) is 31.6. The van der Waals surface area contributed by atoms with Gasteiger partial charge in [0, 0.05) is 29.6 Å². The molecular weight excluding hydrogens is 474 g/mol. The third-order valence-corrected chi connectivity index (χ3v) is 10.6. The third kappa shape index (κ3) is 4.24. The Kier molecular flexibility index (Phi) is 6.24. The zero-order valence-corrected chi connectivity index (χ0v) is 22.3. The van der Waals surface area contributed by atoms with E-state index in [4.69, 9.17) is 0 Å². The maximum atomic E-state index is 13.4. The van der Waals surface area contributed by atoms with E-state index < -0.39 is 6.04 Å². The molecule has 200 valence electrons. The maximum absolute atomic E-state index is 13.4. The first-order chi connectivity index (χ1) is 18.5. The Bertz CT molecular complexity index is 1270. The molecule has 7 rings (SSSR count). The molecule has 2 aliphatic heterocycles. The van der Waals surface area contributed by atoms with Crippen LogP contribution in [0.2, 0.25) is 0 Å². The molecule has 3 aliphatic carbocycles. The number of carbonyl (C=O) groups excluding carboxylic acids is 3. The first kappa shape index (κ1) is 24.3. The highest BCUT2D eigenvalue weighted by molar-refractivity contribution is 6.27. The second kappa shape index (κ2) is 9.77. The minimum atomic E-state index is -0.652. The van der Waals surface area contributed by atoms with Crippen molar-refractivity contribution in [3.8, 4) is 0 Å². The molecule has 0 bridgehead atoms. The van der Waals surface area contributed by atoms with Crippen LogP contribution in [0.4, 0.5) is 5.69 Å². The monoisotopic (exact) mass is 513 g/mol. The molecule has 1 aromatic carbocycles. The molecule has 1 unspecified atom stereocenters. The van der Waals surface area contributed by atoms with Crippen molar-refractivity contribution >= 4 is 34.2 Å². The molecule has 2 aromatic rings. The first-order valence-corrected chi connectivity index (χ1v) is 15.1. The number of piperidine rings is 1. The van der Waals surface area contributed by atoms with Gasteiger partial charge in [0.2, 0.25) is 11.8 Å². The van der Waals surface area contributed by atoms with Gasteiger partial charge in [-0.15, -0.1) is 0 Å². The van der Waals surface area contributed by atoms with Crippen molar-refractivity contribution in [2.24, 2.45) is 23.7 Å². The molecule has 0 radical (unpaired) electrons. The van der Waals surface area contributed by atoms with E-state index in [1.54, 1.807) is 11.1 Å². The summed E-state index contributed by atoms with van der Waals surface area (Å²) in [5, 5.41) is 4.39. The van der Waals surface area contributed by atoms with Gasteiger partial charge in [-0.05, 0) is 99.0 Å². The molecular formula is C32H39N3O3. The van der Waals surface area contributed by atoms with Crippen molar-refractivity contribution in [3.05, 3.63) is 35.7 Å². The standard InChI is InChI=1S/C32H39N3O3/c36-29-12-11-28(31(37)34-29)35-27-10-9-24(25-17-33-18-26(30(25)27)32(35)38)23-7-5-20(6-8-23)14-22-15-21(16-22)13-19-3-1-2-4-19/h9-10,17-23,28H,1-8,11-16H2,(H,34,36,37). The number of carbonyl (C=O) groups is 3. The molecule has 3 saturated carbocycles. The van der Waals surface area contributed by atoms with Crippen LogP contribution in [0.25, 0.3) is 10.8 Å². The number of benzene rings is 1. The summed E-state index contributed by atoms with van der Waals surface area (Å²) in [7, 11) is 0. The summed E-state index contributed by atoms with van der Waals surface area (Å²) in [4.78, 5) is 43.7. The van der Waals surface area contributed by atoms with E-state index in [2.05, 4.69) is 16.4 Å². The Morgan fingerprint density at radius 2 is 1.53 bits per heavy atom. The Labute approximate surface area is 224 Å². The topological polar surface area (TPSA) is 79.4 Å². The van der Waals surface area contributed by atoms with Crippen LogP contribution in [0, 0.1) is 23.7 Å². The van der Waals surface area contributed by atoms with E-state index in [1.807, 2.05) is 12.3 Å². The van der Waals surface area contributed by atoms with Gasteiger partial charge < -0.3 is 0 Å². The molecule has 3 heterocycles. The number of hydrogen-bond donors (Lipinski definition) is 1. The Hall–Kier alpha value is -2.76. The van der Waals surface area contributed by atoms with Gasteiger partial charge in [0.1, 0.15) is 6.04 Å². The lowest BCUT2D eigenvalue weighted by molar-refractivity contribution is -0.134. The van der Waals surface area contributed by atoms with Gasteiger partial charge in [-0.2, -0.15) is 0 Å². The Balaban J connectivity index is 1.02. The fraction of sp³-hybridized carbons (Fsp3) is 0.625. The lowest BCUT2D eigenvalue weighted by Gasteiger charge is -2.40. The highest BCUT2D eigenvalue weighted by atomic mass is 16.2. The van der Waals surface area contributed by atoms with Crippen LogP contribution in [0.5, 0.6) is 0 Å². The van der Waals surface area contributed by atoms with Crippen LogP contribution in [0.3, 0.4) is 0 Å². The summed E-state index contributed by atoms with van der Waals surface area (Å²) in [6.07, 6.45) is 20.9. The minimum absolute atomic E-state index is 0.180. The van der Waals surface area contributed by atoms with Gasteiger partial charge in [0.15, 0.2) is 0 Å². The molecule has 5 aliphatic rings. The predicted octanol–water partition coefficient (Wildman–Crippen LogP) is 6.27. The summed E-state index contributed by atoms with van der Waals surface area (Å²) >= 11 is 0. The van der Waals surface area contributed by atoms with Crippen molar-refractivity contribution in [2.45, 2.75) is 102 Å². The van der Waals surface area contributed by atoms with Crippen molar-refractivity contribution < 1.29 is 14.4 Å². The first-order valence-electron chi connectivity index (χ1n) is 15.1. The molecule has 6 heteroatoms. The van der Waals surface area contributed by atoms with E-state index >= 15 is 0 Å². The predicted molar refractivity (Wildman–Crippen MR) is 147 cm³/mol. The summed E-state index contributed by atoms with van der Waals surface area (Å²) in [5.74, 6) is 3.54. The zero-order valence-electron chi connectivity index (χ0n) is 22.3. The summed E-state index contributed by atoms with van der Waals surface area (Å²) in [6.45, 7) is 0. The van der Waals surface area contributed by atoms with Gasteiger partial charge in [-0.1, -0.05) is 31.7 Å². The van der Waals surface area contributed by atoms with Crippen LogP contribution in [-0.4, -0.2) is 28.7 Å². The molecule has 3 amide bonds. The average Bonchev–Trinajstić information content (AvgIpc) is 3.51. The van der Waals surface area contributed by atoms with Crippen LogP contribution in [0.1, 0.15) is 112 Å². The number of anilines is 1. The Morgan fingerprint density at radius 1 is 0.816 bits per heavy atom. The number of pyridine rings is 1. The highest BCUT2D eigenvalue weighted by Crippen LogP contribution is 2.49. The third-order valence-electron chi connectivity index (χ3n) is 10.6. The zero-order chi connectivity index (χ0) is 25.8. The lowest BCUT2D eigenvalue weighted by Crippen LogP contribution is -2.53. The molecule has 1 atom stereocenters. The second-order valence-electron chi connectivity index (χ2n) is 13.0. The molecule has 1 N–H and O–H groups in total. The van der Waals surface area contributed by atoms with Crippen molar-refractivity contribution in [2.75, 3.05) is 4.90 Å². The molecule has 38 heavy (non-hydrogen) atoms. The fourth-order valence-electron chi connectivity index (χ4n) is 8.65. The van der Waals surface area contributed by atoms with Gasteiger partial charge in [-0.25, -0.2) is 0 Å². The summed E-state index contributed by atoms with van der Waals surface area (Å²) < 4.78 is 0. The smallest absolute Gasteiger partial charge is 0.261 e. The van der Waals surface area contributed by atoms with Crippen LogP contribution < -0.4 is 10.2 Å². The Morgan fingerprint density at radius 3 is 2.24 bits per heavy atom. The van der Waals surface area contributed by atoms with Crippen LogP contribution >= 0.6 is 0 Å². The van der Waals surface area contributed by atoms with E-state index in [9.17, 15) is 14.4 Å². The largest absolute Gasteiger partial charge is 0.295 e. The van der Waals surface area contributed by atoms with Crippen LogP contribution in [0.15, 0.2) is 24.5 Å². The number of amides is 3. The minimum Gasteiger partial charge on any atom is -0.295 e. The number of nitrogens with zero attached hydrogens (tertiary/aromatic N) is 2. The molecule has 0 spiro atoms. The van der Waals surface area contributed by atoms with Gasteiger partial charge in [-0.3, -0.25) is 29.6 Å². The number of hydrogen-bond acceptors (Lipinski definition) is 4. The lowest BCUT2D eigenvalue weighted by atomic mass is 9.65. The van der Waals surface area contributed by atoms with Gasteiger partial charge >= 0.3 is 0 Å². The second-order valence-corrected chi connectivity index (χ2v) is 13.0. The van der Waals surface area contributed by atoms with Crippen LogP contribution in [-0.2, 0) is 9.59 Å². The van der Waals surface area contributed by atoms with Crippen molar-refractivity contribution in [1.29, 1.82) is 0 Å².